The average Bonchev–Trinajstić information content (AvgIpc) is 2.38. The van der Waals surface area contributed by atoms with Crippen molar-refractivity contribution in [3.05, 3.63) is 39.4 Å². The van der Waals surface area contributed by atoms with Crippen molar-refractivity contribution in [1.29, 1.82) is 0 Å². The number of likely N-dealkylation sites (tertiary alicyclic amines) is 1. The molecule has 0 radical (unpaired) electrons. The zero-order valence-electron chi connectivity index (χ0n) is 11.0. The van der Waals surface area contributed by atoms with Crippen LogP contribution < -0.4 is 5.73 Å². The minimum Gasteiger partial charge on any atom is -0.392 e. The molecule has 0 unspecified atom stereocenters. The molecule has 20 heavy (non-hydrogen) atoms. The van der Waals surface area contributed by atoms with Gasteiger partial charge in [0.2, 0.25) is 5.91 Å². The van der Waals surface area contributed by atoms with Gasteiger partial charge in [-0.25, -0.2) is 0 Å². The molecule has 1 aromatic carbocycles. The third kappa shape index (κ3) is 3.31. The molecule has 2 rings (SSSR count). The van der Waals surface area contributed by atoms with Gasteiger partial charge in [0, 0.05) is 30.3 Å². The Bertz CT molecular complexity index is 532. The van der Waals surface area contributed by atoms with Crippen LogP contribution in [0.25, 0.3) is 0 Å². The molecule has 1 aliphatic heterocycles. The van der Waals surface area contributed by atoms with E-state index in [2.05, 4.69) is 0 Å². The Morgan fingerprint density at radius 1 is 1.55 bits per heavy atom. The number of nitrogens with zero attached hydrogens (tertiary/aromatic N) is 2. The lowest BCUT2D eigenvalue weighted by Gasteiger charge is -2.29. The zero-order valence-corrected chi connectivity index (χ0v) is 11.0. The Hall–Kier alpha value is -1.99. The summed E-state index contributed by atoms with van der Waals surface area (Å²) in [4.78, 5) is 23.6. The second-order valence-corrected chi connectivity index (χ2v) is 5.00. The molecule has 7 nitrogen and oxygen atoms in total. The fourth-order valence-corrected chi connectivity index (χ4v) is 2.44. The molecule has 1 aromatic rings. The highest BCUT2D eigenvalue weighted by atomic mass is 16.6. The third-order valence-corrected chi connectivity index (χ3v) is 3.44. The highest BCUT2D eigenvalue weighted by Gasteiger charge is 2.22. The van der Waals surface area contributed by atoms with Crippen molar-refractivity contribution in [2.45, 2.75) is 25.5 Å². The van der Waals surface area contributed by atoms with Crippen LogP contribution in [0.5, 0.6) is 0 Å². The highest BCUT2D eigenvalue weighted by Crippen LogP contribution is 2.23. The molecule has 1 aliphatic rings. The predicted octanol–water partition coefficient (Wildman–Crippen LogP) is 0.650. The van der Waals surface area contributed by atoms with E-state index in [4.69, 9.17) is 5.73 Å². The molecule has 1 amide bonds. The van der Waals surface area contributed by atoms with E-state index in [9.17, 15) is 20.0 Å². The Labute approximate surface area is 116 Å². The quantitative estimate of drug-likeness (QED) is 0.621. The van der Waals surface area contributed by atoms with Crippen LogP contribution in [-0.2, 0) is 6.54 Å². The fraction of sp³-hybridized carbons (Fsp3) is 0.462. The smallest absolute Gasteiger partial charge is 0.274 e. The van der Waals surface area contributed by atoms with E-state index in [1.165, 1.54) is 12.1 Å². The van der Waals surface area contributed by atoms with Crippen LogP contribution >= 0.6 is 0 Å². The molecule has 1 saturated heterocycles. The van der Waals surface area contributed by atoms with Gasteiger partial charge in [0.15, 0.2) is 0 Å². The number of aliphatic hydroxyl groups is 1. The van der Waals surface area contributed by atoms with Gasteiger partial charge in [0.25, 0.3) is 5.69 Å². The highest BCUT2D eigenvalue weighted by molar-refractivity contribution is 5.93. The van der Waals surface area contributed by atoms with E-state index in [0.717, 1.165) is 19.4 Å². The average molecular weight is 279 g/mol. The Balaban J connectivity index is 2.22. The number of β-amino-alcohol motifs (C(OH)–C–C–N with tert-alkyl or cyclic N) is 1. The molecule has 0 saturated carbocycles. The standard InChI is InChI=1S/C13H17N3O4/c14-13(18)9-3-4-10(12(6-9)16(19)20)7-15-5-1-2-11(17)8-15/h3-4,6,11,17H,1-2,5,7-8H2,(H2,14,18)/t11-/m1/s1. The first-order valence-electron chi connectivity index (χ1n) is 6.45. The number of nitrogens with two attached hydrogens (primary N) is 1. The molecule has 7 heteroatoms. The number of hydrogen-bond donors (Lipinski definition) is 2. The number of benzene rings is 1. The number of carbonyl (C=O) groups excluding carboxylic acids is 1. The van der Waals surface area contributed by atoms with Gasteiger partial charge in [-0.1, -0.05) is 6.07 Å². The first-order chi connectivity index (χ1) is 9.47. The van der Waals surface area contributed by atoms with E-state index in [1.807, 2.05) is 4.90 Å². The fourth-order valence-electron chi connectivity index (χ4n) is 2.44. The minimum atomic E-state index is -0.687. The number of hydrogen-bond acceptors (Lipinski definition) is 5. The van der Waals surface area contributed by atoms with E-state index < -0.39 is 10.8 Å². The SMILES string of the molecule is NC(=O)c1ccc(CN2CCC[C@@H](O)C2)c([N+](=O)[O-])c1. The number of nitro benzene ring substituents is 1. The first-order valence-corrected chi connectivity index (χ1v) is 6.45. The lowest BCUT2D eigenvalue weighted by Crippen LogP contribution is -2.37. The van der Waals surface area contributed by atoms with Gasteiger partial charge >= 0.3 is 0 Å². The van der Waals surface area contributed by atoms with Crippen molar-refractivity contribution in [1.82, 2.24) is 4.90 Å². The predicted molar refractivity (Wildman–Crippen MR) is 72.1 cm³/mol. The molecule has 108 valence electrons. The number of carbonyl (C=O) groups is 1. The van der Waals surface area contributed by atoms with Crippen molar-refractivity contribution >= 4 is 11.6 Å². The molecule has 0 aromatic heterocycles. The summed E-state index contributed by atoms with van der Waals surface area (Å²) < 4.78 is 0. The van der Waals surface area contributed by atoms with Crippen molar-refractivity contribution in [2.24, 2.45) is 5.73 Å². The van der Waals surface area contributed by atoms with Crippen LogP contribution in [0.4, 0.5) is 5.69 Å². The van der Waals surface area contributed by atoms with Crippen LogP contribution in [0, 0.1) is 10.1 Å². The zero-order chi connectivity index (χ0) is 14.7. The molecule has 0 spiro atoms. The number of rotatable bonds is 4. The van der Waals surface area contributed by atoms with Crippen LogP contribution in [0.1, 0.15) is 28.8 Å². The second-order valence-electron chi connectivity index (χ2n) is 5.00. The maximum absolute atomic E-state index is 11.1. The molecular weight excluding hydrogens is 262 g/mol. The summed E-state index contributed by atoms with van der Waals surface area (Å²) in [5.74, 6) is -0.687. The van der Waals surface area contributed by atoms with Gasteiger partial charge in [-0.2, -0.15) is 0 Å². The van der Waals surface area contributed by atoms with Crippen LogP contribution in [0.3, 0.4) is 0 Å². The Morgan fingerprint density at radius 3 is 2.90 bits per heavy atom. The monoisotopic (exact) mass is 279 g/mol. The molecule has 1 heterocycles. The van der Waals surface area contributed by atoms with E-state index in [0.29, 0.717) is 18.7 Å². The second kappa shape index (κ2) is 5.98. The normalized spacial score (nSPS) is 19.8. The molecule has 0 bridgehead atoms. The largest absolute Gasteiger partial charge is 0.392 e. The molecule has 3 N–H and O–H groups in total. The summed E-state index contributed by atoms with van der Waals surface area (Å²) >= 11 is 0. The van der Waals surface area contributed by atoms with Crippen molar-refractivity contribution in [3.63, 3.8) is 0 Å². The van der Waals surface area contributed by atoms with Gasteiger partial charge in [-0.05, 0) is 25.5 Å². The van der Waals surface area contributed by atoms with Crippen molar-refractivity contribution < 1.29 is 14.8 Å². The maximum Gasteiger partial charge on any atom is 0.274 e. The van der Waals surface area contributed by atoms with Gasteiger partial charge in [0.1, 0.15) is 0 Å². The molecule has 1 fully saturated rings. The Morgan fingerprint density at radius 2 is 2.30 bits per heavy atom. The maximum atomic E-state index is 11.1. The number of amides is 1. The van der Waals surface area contributed by atoms with Gasteiger partial charge in [0.05, 0.1) is 11.0 Å². The lowest BCUT2D eigenvalue weighted by atomic mass is 10.0. The molecule has 1 atom stereocenters. The third-order valence-electron chi connectivity index (χ3n) is 3.44. The van der Waals surface area contributed by atoms with Crippen LogP contribution in [0.2, 0.25) is 0 Å². The van der Waals surface area contributed by atoms with Crippen molar-refractivity contribution in [3.8, 4) is 0 Å². The van der Waals surface area contributed by atoms with E-state index >= 15 is 0 Å². The van der Waals surface area contributed by atoms with E-state index in [-0.39, 0.29) is 17.4 Å². The molecular formula is C13H17N3O4. The first kappa shape index (κ1) is 14.4. The summed E-state index contributed by atoms with van der Waals surface area (Å²) in [5.41, 5.74) is 5.67. The number of primary amides is 1. The van der Waals surface area contributed by atoms with Gasteiger partial charge < -0.3 is 10.8 Å². The summed E-state index contributed by atoms with van der Waals surface area (Å²) in [5, 5.41) is 20.7. The lowest BCUT2D eigenvalue weighted by molar-refractivity contribution is -0.385. The van der Waals surface area contributed by atoms with Crippen LogP contribution in [-0.4, -0.2) is 40.0 Å². The topological polar surface area (TPSA) is 110 Å². The van der Waals surface area contributed by atoms with E-state index in [1.54, 1.807) is 6.07 Å². The van der Waals surface area contributed by atoms with Gasteiger partial charge in [-0.3, -0.25) is 19.8 Å². The number of piperidine rings is 1. The van der Waals surface area contributed by atoms with Crippen LogP contribution in [0.15, 0.2) is 18.2 Å². The molecule has 0 aliphatic carbocycles. The van der Waals surface area contributed by atoms with Crippen molar-refractivity contribution in [2.75, 3.05) is 13.1 Å². The summed E-state index contributed by atoms with van der Waals surface area (Å²) in [6, 6.07) is 4.25. The summed E-state index contributed by atoms with van der Waals surface area (Å²) in [6.45, 7) is 1.69. The number of nitro groups is 1. The summed E-state index contributed by atoms with van der Waals surface area (Å²) in [7, 11) is 0. The number of aliphatic hydroxyl groups excluding tert-OH is 1. The Kier molecular flexibility index (Phi) is 4.31. The minimum absolute atomic E-state index is 0.110. The summed E-state index contributed by atoms with van der Waals surface area (Å²) in [6.07, 6.45) is 1.25. The van der Waals surface area contributed by atoms with Gasteiger partial charge in [-0.15, -0.1) is 0 Å².